The molecule has 0 aromatic carbocycles. The second-order valence-electron chi connectivity index (χ2n) is 7.17. The third kappa shape index (κ3) is 8.53. The van der Waals surface area contributed by atoms with Gasteiger partial charge >= 0.3 is 0 Å². The van der Waals surface area contributed by atoms with Crippen molar-refractivity contribution in [2.24, 2.45) is 5.92 Å². The monoisotopic (exact) mass is 374 g/mol. The van der Waals surface area contributed by atoms with E-state index in [0.29, 0.717) is 16.3 Å². The van der Waals surface area contributed by atoms with Crippen LogP contribution in [0.4, 0.5) is 0 Å². The predicted molar refractivity (Wildman–Crippen MR) is 113 cm³/mol. The fraction of sp³-hybridized carbons (Fsp3) is 0.950. The SMILES string of the molecule is CCCCCCC(=O)SC(C)C(CCC)C(CCC)(CCC)O[SiH3]. The summed E-state index contributed by atoms with van der Waals surface area (Å²) in [7, 11) is 0.782. The molecule has 24 heavy (non-hydrogen) atoms. The Bertz CT molecular complexity index is 317. The van der Waals surface area contributed by atoms with Gasteiger partial charge in [-0.05, 0) is 31.6 Å². The van der Waals surface area contributed by atoms with Crippen LogP contribution in [0.3, 0.4) is 0 Å². The normalized spacial score (nSPS) is 14.7. The third-order valence-corrected chi connectivity index (χ3v) is 7.13. The molecule has 0 amide bonds. The van der Waals surface area contributed by atoms with Crippen LogP contribution in [0, 0.1) is 5.92 Å². The molecular weight excluding hydrogens is 332 g/mol. The van der Waals surface area contributed by atoms with Crippen molar-refractivity contribution >= 4 is 27.4 Å². The van der Waals surface area contributed by atoms with Gasteiger partial charge in [0.1, 0.15) is 10.5 Å². The average molecular weight is 375 g/mol. The van der Waals surface area contributed by atoms with Gasteiger partial charge in [-0.3, -0.25) is 4.79 Å². The molecule has 0 aliphatic heterocycles. The van der Waals surface area contributed by atoms with Gasteiger partial charge in [0.25, 0.3) is 0 Å². The zero-order valence-corrected chi connectivity index (χ0v) is 20.0. The minimum atomic E-state index is 0.000634. The van der Waals surface area contributed by atoms with Crippen molar-refractivity contribution in [3.8, 4) is 0 Å². The van der Waals surface area contributed by atoms with Crippen molar-refractivity contribution in [1.82, 2.24) is 0 Å². The highest BCUT2D eigenvalue weighted by molar-refractivity contribution is 8.14. The quantitative estimate of drug-likeness (QED) is 0.273. The largest absolute Gasteiger partial charge is 0.422 e. The molecule has 0 aromatic rings. The zero-order valence-electron chi connectivity index (χ0n) is 17.2. The molecule has 0 aliphatic rings. The summed E-state index contributed by atoms with van der Waals surface area (Å²) in [4.78, 5) is 12.4. The van der Waals surface area contributed by atoms with E-state index in [1.165, 1.54) is 32.1 Å². The van der Waals surface area contributed by atoms with Crippen LogP contribution in [0.2, 0.25) is 0 Å². The summed E-state index contributed by atoms with van der Waals surface area (Å²) in [5.74, 6) is 0.490. The molecule has 0 spiro atoms. The molecule has 144 valence electrons. The Balaban J connectivity index is 4.88. The van der Waals surface area contributed by atoms with E-state index < -0.39 is 0 Å². The standard InChI is InChI=1S/C20H42O2SSi/c1-6-10-11-12-14-19(21)23-17(5)18(13-7-2)20(22-24,15-8-3)16-9-4/h17-18H,6-16H2,1-5,24H3. The van der Waals surface area contributed by atoms with Crippen LogP contribution in [0.5, 0.6) is 0 Å². The van der Waals surface area contributed by atoms with Gasteiger partial charge in [-0.25, -0.2) is 0 Å². The maximum Gasteiger partial charge on any atom is 0.189 e. The van der Waals surface area contributed by atoms with Gasteiger partial charge in [-0.1, -0.05) is 84.9 Å². The molecule has 0 aliphatic carbocycles. The number of hydrogen-bond acceptors (Lipinski definition) is 3. The Morgan fingerprint density at radius 3 is 2.08 bits per heavy atom. The Morgan fingerprint density at radius 1 is 1.00 bits per heavy atom. The van der Waals surface area contributed by atoms with E-state index >= 15 is 0 Å². The molecule has 0 heterocycles. The van der Waals surface area contributed by atoms with Gasteiger partial charge in [-0.15, -0.1) is 0 Å². The highest BCUT2D eigenvalue weighted by Crippen LogP contribution is 2.41. The van der Waals surface area contributed by atoms with Gasteiger partial charge in [0.2, 0.25) is 0 Å². The van der Waals surface area contributed by atoms with Crippen molar-refractivity contribution in [3.63, 3.8) is 0 Å². The Morgan fingerprint density at radius 2 is 1.62 bits per heavy atom. The third-order valence-electron chi connectivity index (χ3n) is 5.15. The fourth-order valence-electron chi connectivity index (χ4n) is 3.98. The first-order valence-corrected chi connectivity index (χ1v) is 11.9. The predicted octanol–water partition coefficient (Wildman–Crippen LogP) is 5.66. The Labute approximate surface area is 158 Å². The second-order valence-corrected chi connectivity index (χ2v) is 9.01. The lowest BCUT2D eigenvalue weighted by molar-refractivity contribution is -0.111. The summed E-state index contributed by atoms with van der Waals surface area (Å²) in [6.45, 7) is 11.2. The minimum absolute atomic E-state index is 0.000634. The second kappa shape index (κ2) is 14.4. The topological polar surface area (TPSA) is 26.3 Å². The van der Waals surface area contributed by atoms with Crippen molar-refractivity contribution < 1.29 is 9.22 Å². The Hall–Kier alpha value is 0.197. The molecule has 2 unspecified atom stereocenters. The van der Waals surface area contributed by atoms with Gasteiger partial charge in [-0.2, -0.15) is 0 Å². The van der Waals surface area contributed by atoms with Gasteiger partial charge in [0.15, 0.2) is 5.12 Å². The van der Waals surface area contributed by atoms with Crippen LogP contribution < -0.4 is 0 Å². The summed E-state index contributed by atoms with van der Waals surface area (Å²) in [6.07, 6.45) is 12.4. The molecule has 2 nitrogen and oxygen atoms in total. The molecule has 0 rings (SSSR count). The number of unbranched alkanes of at least 4 members (excludes halogenated alkanes) is 3. The lowest BCUT2D eigenvalue weighted by atomic mass is 9.76. The van der Waals surface area contributed by atoms with Crippen molar-refractivity contribution in [1.29, 1.82) is 0 Å². The number of thioether (sulfide) groups is 1. The minimum Gasteiger partial charge on any atom is -0.422 e. The lowest BCUT2D eigenvalue weighted by Gasteiger charge is -2.43. The van der Waals surface area contributed by atoms with Gasteiger partial charge in [0, 0.05) is 11.7 Å². The molecule has 0 radical (unpaired) electrons. The smallest absolute Gasteiger partial charge is 0.189 e. The molecule has 0 saturated heterocycles. The van der Waals surface area contributed by atoms with Crippen molar-refractivity contribution in [3.05, 3.63) is 0 Å². The van der Waals surface area contributed by atoms with E-state index in [0.717, 1.165) is 49.0 Å². The Kier molecular flexibility index (Phi) is 14.5. The average Bonchev–Trinajstić information content (AvgIpc) is 2.56. The van der Waals surface area contributed by atoms with Gasteiger partial charge < -0.3 is 4.43 Å². The van der Waals surface area contributed by atoms with E-state index in [1.54, 1.807) is 11.8 Å². The van der Waals surface area contributed by atoms with Crippen LogP contribution in [0.15, 0.2) is 0 Å². The summed E-state index contributed by atoms with van der Waals surface area (Å²) in [6, 6.07) is 0. The number of carbonyl (C=O) groups is 1. The number of carbonyl (C=O) groups excluding carboxylic acids is 1. The van der Waals surface area contributed by atoms with Crippen molar-refractivity contribution in [2.75, 3.05) is 0 Å². The van der Waals surface area contributed by atoms with Crippen LogP contribution in [0.1, 0.15) is 105 Å². The van der Waals surface area contributed by atoms with Crippen LogP contribution in [-0.4, -0.2) is 26.5 Å². The summed E-state index contributed by atoms with van der Waals surface area (Å²) >= 11 is 1.60. The first-order valence-electron chi connectivity index (χ1n) is 10.3. The van der Waals surface area contributed by atoms with Crippen LogP contribution in [-0.2, 0) is 9.22 Å². The van der Waals surface area contributed by atoms with Gasteiger partial charge in [0.05, 0.1) is 5.60 Å². The molecule has 0 saturated carbocycles. The van der Waals surface area contributed by atoms with Crippen LogP contribution in [0.25, 0.3) is 0 Å². The highest BCUT2D eigenvalue weighted by atomic mass is 32.2. The highest BCUT2D eigenvalue weighted by Gasteiger charge is 2.40. The van der Waals surface area contributed by atoms with E-state index in [2.05, 4.69) is 34.6 Å². The molecule has 0 fully saturated rings. The summed E-state index contributed by atoms with van der Waals surface area (Å²) in [5.41, 5.74) is 0.000634. The molecular formula is C20H42O2SSi. The number of hydrogen-bond donors (Lipinski definition) is 0. The first-order chi connectivity index (χ1) is 11.5. The van der Waals surface area contributed by atoms with E-state index in [-0.39, 0.29) is 5.60 Å². The molecule has 0 N–H and O–H groups in total. The van der Waals surface area contributed by atoms with E-state index in [9.17, 15) is 4.79 Å². The maximum atomic E-state index is 12.4. The summed E-state index contributed by atoms with van der Waals surface area (Å²) in [5, 5.41) is 0.741. The molecule has 0 aromatic heterocycles. The van der Waals surface area contributed by atoms with Crippen molar-refractivity contribution in [2.45, 2.75) is 116 Å². The maximum absolute atomic E-state index is 12.4. The molecule has 0 bridgehead atoms. The summed E-state index contributed by atoms with van der Waals surface area (Å²) < 4.78 is 6.26. The fourth-order valence-corrected chi connectivity index (χ4v) is 5.91. The molecule has 2 atom stereocenters. The van der Waals surface area contributed by atoms with Crippen LogP contribution >= 0.6 is 11.8 Å². The molecule has 4 heteroatoms. The van der Waals surface area contributed by atoms with E-state index in [4.69, 9.17) is 4.43 Å². The number of rotatable bonds is 15. The zero-order chi connectivity index (χ0) is 18.4. The lowest BCUT2D eigenvalue weighted by Crippen LogP contribution is -2.45. The van der Waals surface area contributed by atoms with E-state index in [1.807, 2.05) is 0 Å². The first kappa shape index (κ1) is 24.2.